The lowest BCUT2D eigenvalue weighted by Gasteiger charge is -2.26. The van der Waals surface area contributed by atoms with Crippen LogP contribution in [0, 0.1) is 25.7 Å². The zero-order valence-corrected chi connectivity index (χ0v) is 17.4. The number of rotatable bonds is 7. The van der Waals surface area contributed by atoms with Gasteiger partial charge in [-0.2, -0.15) is 0 Å². The van der Waals surface area contributed by atoms with E-state index in [0.717, 1.165) is 42.5 Å². The fourth-order valence-corrected chi connectivity index (χ4v) is 3.64. The van der Waals surface area contributed by atoms with Crippen molar-refractivity contribution in [3.05, 3.63) is 29.3 Å². The maximum absolute atomic E-state index is 12.6. The highest BCUT2D eigenvalue weighted by Gasteiger charge is 2.28. The second kappa shape index (κ2) is 10.2. The van der Waals surface area contributed by atoms with Crippen molar-refractivity contribution in [2.45, 2.75) is 65.8 Å². The highest BCUT2D eigenvalue weighted by molar-refractivity contribution is 5.97. The molecule has 1 aromatic rings. The number of carbonyl (C=O) groups excluding carboxylic acids is 3. The van der Waals surface area contributed by atoms with Gasteiger partial charge in [0.25, 0.3) is 0 Å². The van der Waals surface area contributed by atoms with E-state index in [1.807, 2.05) is 45.9 Å². The number of carbonyl (C=O) groups is 3. The Bertz CT molecular complexity index is 689. The zero-order valence-electron chi connectivity index (χ0n) is 17.4. The van der Waals surface area contributed by atoms with Gasteiger partial charge in [-0.3, -0.25) is 14.4 Å². The van der Waals surface area contributed by atoms with Gasteiger partial charge in [-0.15, -0.1) is 0 Å². The van der Waals surface area contributed by atoms with Gasteiger partial charge in [0, 0.05) is 11.6 Å². The molecule has 0 heterocycles. The second-order valence-corrected chi connectivity index (χ2v) is 8.10. The quantitative estimate of drug-likeness (QED) is 0.672. The summed E-state index contributed by atoms with van der Waals surface area (Å²) in [7, 11) is 0. The molecule has 1 aliphatic carbocycles. The Balaban J connectivity index is 1.89. The highest BCUT2D eigenvalue weighted by atomic mass is 16.2. The lowest BCUT2D eigenvalue weighted by molar-refractivity contribution is -0.133. The molecular weight excluding hydrogens is 354 g/mol. The lowest BCUT2D eigenvalue weighted by atomic mass is 9.88. The molecule has 6 heteroatoms. The molecule has 1 fully saturated rings. The Labute approximate surface area is 167 Å². The van der Waals surface area contributed by atoms with Crippen molar-refractivity contribution in [2.75, 3.05) is 11.9 Å². The SMILES string of the molecule is Cc1cccc(C)c1NC(=O)CNC(=O)[C@@H](NC(=O)C1CCCCC1)C(C)C. The summed E-state index contributed by atoms with van der Waals surface area (Å²) in [5, 5.41) is 8.41. The largest absolute Gasteiger partial charge is 0.345 e. The predicted molar refractivity (Wildman–Crippen MR) is 111 cm³/mol. The summed E-state index contributed by atoms with van der Waals surface area (Å²) in [6, 6.07) is 5.15. The summed E-state index contributed by atoms with van der Waals surface area (Å²) in [4.78, 5) is 37.4. The van der Waals surface area contributed by atoms with E-state index in [0.29, 0.717) is 0 Å². The topological polar surface area (TPSA) is 87.3 Å². The predicted octanol–water partition coefficient (Wildman–Crippen LogP) is 3.08. The van der Waals surface area contributed by atoms with Gasteiger partial charge in [0.2, 0.25) is 17.7 Å². The van der Waals surface area contributed by atoms with Crippen molar-refractivity contribution < 1.29 is 14.4 Å². The Kier molecular flexibility index (Phi) is 8.03. The summed E-state index contributed by atoms with van der Waals surface area (Å²) in [5.74, 6) is -0.722. The minimum atomic E-state index is -0.637. The molecule has 1 aliphatic rings. The number of anilines is 1. The van der Waals surface area contributed by atoms with Gasteiger partial charge in [0.15, 0.2) is 0 Å². The van der Waals surface area contributed by atoms with Gasteiger partial charge in [-0.25, -0.2) is 0 Å². The van der Waals surface area contributed by atoms with Crippen molar-refractivity contribution >= 4 is 23.4 Å². The summed E-state index contributed by atoms with van der Waals surface area (Å²) >= 11 is 0. The Hall–Kier alpha value is -2.37. The van der Waals surface area contributed by atoms with E-state index in [9.17, 15) is 14.4 Å². The van der Waals surface area contributed by atoms with Gasteiger partial charge in [0.1, 0.15) is 6.04 Å². The van der Waals surface area contributed by atoms with Crippen LogP contribution in [0.25, 0.3) is 0 Å². The fourth-order valence-electron chi connectivity index (χ4n) is 3.64. The summed E-state index contributed by atoms with van der Waals surface area (Å²) in [6.45, 7) is 7.51. The number of benzene rings is 1. The Morgan fingerprint density at radius 3 is 2.21 bits per heavy atom. The first-order valence-electron chi connectivity index (χ1n) is 10.2. The third-order valence-electron chi connectivity index (χ3n) is 5.39. The van der Waals surface area contributed by atoms with Crippen LogP contribution in [0.15, 0.2) is 18.2 Å². The third-order valence-corrected chi connectivity index (χ3v) is 5.39. The molecule has 3 amide bonds. The molecule has 2 rings (SSSR count). The van der Waals surface area contributed by atoms with Crippen LogP contribution < -0.4 is 16.0 Å². The number of para-hydroxylation sites is 1. The Morgan fingerprint density at radius 1 is 1.04 bits per heavy atom. The number of nitrogens with one attached hydrogen (secondary N) is 3. The van der Waals surface area contributed by atoms with Crippen LogP contribution in [0.1, 0.15) is 57.1 Å². The molecule has 1 aromatic carbocycles. The van der Waals surface area contributed by atoms with Crippen molar-refractivity contribution in [2.24, 2.45) is 11.8 Å². The summed E-state index contributed by atoms with van der Waals surface area (Å²) in [6.07, 6.45) is 5.07. The van der Waals surface area contributed by atoms with Gasteiger partial charge >= 0.3 is 0 Å². The van der Waals surface area contributed by atoms with Crippen LogP contribution in [-0.4, -0.2) is 30.3 Å². The minimum absolute atomic E-state index is 0.00451. The van der Waals surface area contributed by atoms with Crippen molar-refractivity contribution in [3.63, 3.8) is 0 Å². The van der Waals surface area contributed by atoms with Crippen LogP contribution >= 0.6 is 0 Å². The Morgan fingerprint density at radius 2 is 1.64 bits per heavy atom. The fraction of sp³-hybridized carbons (Fsp3) is 0.591. The molecule has 0 aromatic heterocycles. The van der Waals surface area contributed by atoms with Gasteiger partial charge in [0.05, 0.1) is 6.54 Å². The third kappa shape index (κ3) is 6.08. The van der Waals surface area contributed by atoms with Crippen LogP contribution in [-0.2, 0) is 14.4 Å². The first-order chi connectivity index (χ1) is 13.3. The zero-order chi connectivity index (χ0) is 20.7. The average molecular weight is 388 g/mol. The van der Waals surface area contributed by atoms with Gasteiger partial charge in [-0.1, -0.05) is 51.3 Å². The number of hydrogen-bond donors (Lipinski definition) is 3. The molecule has 0 bridgehead atoms. The van der Waals surface area contributed by atoms with Gasteiger partial charge < -0.3 is 16.0 Å². The molecule has 6 nitrogen and oxygen atoms in total. The molecule has 0 radical (unpaired) electrons. The van der Waals surface area contributed by atoms with Crippen LogP contribution in [0.4, 0.5) is 5.69 Å². The normalized spacial score (nSPS) is 15.8. The van der Waals surface area contributed by atoms with E-state index in [-0.39, 0.29) is 36.1 Å². The van der Waals surface area contributed by atoms with E-state index in [1.165, 1.54) is 6.42 Å². The molecule has 1 atom stereocenters. The maximum Gasteiger partial charge on any atom is 0.243 e. The lowest BCUT2D eigenvalue weighted by Crippen LogP contribution is -2.52. The molecule has 0 spiro atoms. The summed E-state index contributed by atoms with van der Waals surface area (Å²) < 4.78 is 0. The number of hydrogen-bond acceptors (Lipinski definition) is 3. The van der Waals surface area contributed by atoms with Crippen LogP contribution in [0.2, 0.25) is 0 Å². The molecule has 1 saturated carbocycles. The average Bonchev–Trinajstić information content (AvgIpc) is 2.67. The van der Waals surface area contributed by atoms with Crippen molar-refractivity contribution in [1.82, 2.24) is 10.6 Å². The second-order valence-electron chi connectivity index (χ2n) is 8.10. The molecule has 0 saturated heterocycles. The maximum atomic E-state index is 12.6. The number of amides is 3. The van der Waals surface area contributed by atoms with E-state index < -0.39 is 6.04 Å². The standard InChI is InChI=1S/C22H33N3O3/c1-14(2)19(25-21(27)17-11-6-5-7-12-17)22(28)23-13-18(26)24-20-15(3)9-8-10-16(20)4/h8-10,14,17,19H,5-7,11-13H2,1-4H3,(H,23,28)(H,24,26)(H,25,27)/t19-/m0/s1. The summed E-state index contributed by atoms with van der Waals surface area (Å²) in [5.41, 5.74) is 2.71. The van der Waals surface area contributed by atoms with Crippen LogP contribution in [0.3, 0.4) is 0 Å². The molecular formula is C22H33N3O3. The first-order valence-corrected chi connectivity index (χ1v) is 10.2. The monoisotopic (exact) mass is 387 g/mol. The van der Waals surface area contributed by atoms with E-state index in [1.54, 1.807) is 0 Å². The highest BCUT2D eigenvalue weighted by Crippen LogP contribution is 2.24. The smallest absolute Gasteiger partial charge is 0.243 e. The molecule has 0 unspecified atom stereocenters. The molecule has 3 N–H and O–H groups in total. The molecule has 0 aliphatic heterocycles. The van der Waals surface area contributed by atoms with Gasteiger partial charge in [-0.05, 0) is 43.7 Å². The minimum Gasteiger partial charge on any atom is -0.345 e. The van der Waals surface area contributed by atoms with E-state index >= 15 is 0 Å². The van der Waals surface area contributed by atoms with E-state index in [2.05, 4.69) is 16.0 Å². The van der Waals surface area contributed by atoms with Crippen LogP contribution in [0.5, 0.6) is 0 Å². The van der Waals surface area contributed by atoms with E-state index in [4.69, 9.17) is 0 Å². The molecule has 28 heavy (non-hydrogen) atoms. The van der Waals surface area contributed by atoms with Crippen molar-refractivity contribution in [3.8, 4) is 0 Å². The van der Waals surface area contributed by atoms with Crippen molar-refractivity contribution in [1.29, 1.82) is 0 Å². The number of aryl methyl sites for hydroxylation is 2. The molecule has 154 valence electrons. The first kappa shape index (κ1) is 21.9.